The van der Waals surface area contributed by atoms with E-state index < -0.39 is 0 Å². The summed E-state index contributed by atoms with van der Waals surface area (Å²) in [6, 6.07) is 1.82. The molecule has 7 heteroatoms. The van der Waals surface area contributed by atoms with Crippen molar-refractivity contribution in [1.82, 2.24) is 10.2 Å². The number of halogens is 1. The first kappa shape index (κ1) is 16.9. The van der Waals surface area contributed by atoms with E-state index in [2.05, 4.69) is 5.32 Å². The zero-order valence-corrected chi connectivity index (χ0v) is 12.8. The van der Waals surface area contributed by atoms with Crippen LogP contribution in [0.1, 0.15) is 23.2 Å². The van der Waals surface area contributed by atoms with Crippen molar-refractivity contribution in [3.05, 3.63) is 22.4 Å². The number of carbonyl (C=O) groups excluding carboxylic acids is 2. The second kappa shape index (κ2) is 8.24. The third-order valence-electron chi connectivity index (χ3n) is 3.29. The van der Waals surface area contributed by atoms with Crippen LogP contribution in [0.25, 0.3) is 0 Å². The Kier molecular flexibility index (Phi) is 6.98. The van der Waals surface area contributed by atoms with E-state index in [0.717, 1.165) is 19.4 Å². The van der Waals surface area contributed by atoms with Crippen LogP contribution in [-0.2, 0) is 4.79 Å². The molecule has 2 rings (SSSR count). The molecule has 112 valence electrons. The minimum Gasteiger partial charge on any atom is -0.355 e. The topological polar surface area (TPSA) is 75.4 Å². The molecule has 0 aromatic carbocycles. The largest absolute Gasteiger partial charge is 0.355 e. The maximum Gasteiger partial charge on any atom is 0.254 e. The molecule has 0 spiro atoms. The minimum atomic E-state index is -0.108. The van der Waals surface area contributed by atoms with Gasteiger partial charge in [-0.1, -0.05) is 0 Å². The molecule has 1 fully saturated rings. The van der Waals surface area contributed by atoms with Crippen LogP contribution in [0.15, 0.2) is 16.8 Å². The number of amides is 2. The van der Waals surface area contributed by atoms with Crippen molar-refractivity contribution >= 4 is 35.6 Å². The average molecular weight is 318 g/mol. The molecule has 1 atom stereocenters. The molecular weight excluding hydrogens is 298 g/mol. The molecule has 0 bridgehead atoms. The Hall–Kier alpha value is -1.11. The van der Waals surface area contributed by atoms with Gasteiger partial charge in [0.2, 0.25) is 5.91 Å². The summed E-state index contributed by atoms with van der Waals surface area (Å²) in [5.41, 5.74) is 6.08. The molecule has 0 saturated carbocycles. The predicted molar refractivity (Wildman–Crippen MR) is 82.3 cm³/mol. The van der Waals surface area contributed by atoms with E-state index in [1.54, 1.807) is 4.90 Å². The van der Waals surface area contributed by atoms with Gasteiger partial charge in [-0.3, -0.25) is 9.59 Å². The van der Waals surface area contributed by atoms with Crippen molar-refractivity contribution in [3.8, 4) is 0 Å². The quantitative estimate of drug-likeness (QED) is 0.873. The third-order valence-corrected chi connectivity index (χ3v) is 3.97. The van der Waals surface area contributed by atoms with E-state index in [0.29, 0.717) is 25.2 Å². The van der Waals surface area contributed by atoms with Crippen molar-refractivity contribution in [3.63, 3.8) is 0 Å². The van der Waals surface area contributed by atoms with Gasteiger partial charge in [-0.2, -0.15) is 11.3 Å². The van der Waals surface area contributed by atoms with Gasteiger partial charge >= 0.3 is 0 Å². The lowest BCUT2D eigenvalue weighted by Crippen LogP contribution is -2.46. The summed E-state index contributed by atoms with van der Waals surface area (Å²) >= 11 is 1.51. The molecule has 2 amide bonds. The van der Waals surface area contributed by atoms with Crippen molar-refractivity contribution in [2.45, 2.75) is 12.8 Å². The molecule has 5 nitrogen and oxygen atoms in total. The average Bonchev–Trinajstić information content (AvgIpc) is 2.98. The summed E-state index contributed by atoms with van der Waals surface area (Å²) in [6.45, 7) is 2.17. The zero-order valence-electron chi connectivity index (χ0n) is 11.2. The second-order valence-corrected chi connectivity index (χ2v) is 5.46. The van der Waals surface area contributed by atoms with Gasteiger partial charge in [0.1, 0.15) is 0 Å². The van der Waals surface area contributed by atoms with Crippen LogP contribution < -0.4 is 11.1 Å². The summed E-state index contributed by atoms with van der Waals surface area (Å²) in [7, 11) is 0. The summed E-state index contributed by atoms with van der Waals surface area (Å²) < 4.78 is 0. The summed E-state index contributed by atoms with van der Waals surface area (Å²) in [6.07, 6.45) is 1.71. The molecular formula is C13H20ClN3O2S. The first-order valence-corrected chi connectivity index (χ1v) is 7.46. The Labute approximate surface area is 128 Å². The highest BCUT2D eigenvalue weighted by Crippen LogP contribution is 2.19. The maximum atomic E-state index is 12.2. The minimum absolute atomic E-state index is 0. The van der Waals surface area contributed by atoms with Crippen LogP contribution in [-0.4, -0.2) is 42.9 Å². The highest BCUT2D eigenvalue weighted by atomic mass is 35.5. The molecule has 0 aliphatic carbocycles. The van der Waals surface area contributed by atoms with E-state index in [1.165, 1.54) is 11.3 Å². The van der Waals surface area contributed by atoms with Gasteiger partial charge in [0.15, 0.2) is 0 Å². The van der Waals surface area contributed by atoms with E-state index >= 15 is 0 Å². The summed E-state index contributed by atoms with van der Waals surface area (Å²) in [4.78, 5) is 25.9. The third kappa shape index (κ3) is 4.19. The van der Waals surface area contributed by atoms with Crippen LogP contribution in [0.2, 0.25) is 0 Å². The molecule has 1 saturated heterocycles. The molecule has 3 N–H and O–H groups in total. The van der Waals surface area contributed by atoms with Gasteiger partial charge in [-0.25, -0.2) is 0 Å². The van der Waals surface area contributed by atoms with Gasteiger partial charge in [-0.05, 0) is 24.3 Å². The van der Waals surface area contributed by atoms with E-state index in [9.17, 15) is 9.59 Å². The number of nitrogens with one attached hydrogen (secondary N) is 1. The predicted octanol–water partition coefficient (Wildman–Crippen LogP) is 1.10. The fraction of sp³-hybridized carbons (Fsp3) is 0.538. The van der Waals surface area contributed by atoms with E-state index in [1.807, 2.05) is 16.8 Å². The van der Waals surface area contributed by atoms with Crippen LogP contribution in [0.4, 0.5) is 0 Å². The number of piperidine rings is 1. The number of hydrogen-bond acceptors (Lipinski definition) is 4. The number of hydrogen-bond donors (Lipinski definition) is 2. The van der Waals surface area contributed by atoms with Gasteiger partial charge in [0, 0.05) is 31.6 Å². The Morgan fingerprint density at radius 3 is 2.95 bits per heavy atom. The van der Waals surface area contributed by atoms with Crippen molar-refractivity contribution in [2.75, 3.05) is 26.2 Å². The molecule has 1 aliphatic rings. The number of nitrogens with two attached hydrogens (primary N) is 1. The summed E-state index contributed by atoms with van der Waals surface area (Å²) in [5.74, 6) is -0.0753. The Morgan fingerprint density at radius 2 is 2.30 bits per heavy atom. The number of nitrogens with zero attached hydrogens (tertiary/aromatic N) is 1. The molecule has 2 heterocycles. The monoisotopic (exact) mass is 317 g/mol. The molecule has 1 aliphatic heterocycles. The van der Waals surface area contributed by atoms with E-state index in [4.69, 9.17) is 5.73 Å². The van der Waals surface area contributed by atoms with Crippen LogP contribution >= 0.6 is 23.7 Å². The van der Waals surface area contributed by atoms with Crippen LogP contribution in [0.3, 0.4) is 0 Å². The smallest absolute Gasteiger partial charge is 0.254 e. The number of rotatable bonds is 4. The van der Waals surface area contributed by atoms with Crippen molar-refractivity contribution in [1.29, 1.82) is 0 Å². The number of thiophene rings is 1. The highest BCUT2D eigenvalue weighted by Gasteiger charge is 2.28. The summed E-state index contributed by atoms with van der Waals surface area (Å²) in [5, 5.41) is 6.54. The second-order valence-electron chi connectivity index (χ2n) is 4.68. The molecule has 0 radical (unpaired) electrons. The number of likely N-dealkylation sites (tertiary alicyclic amines) is 1. The lowest BCUT2D eigenvalue weighted by atomic mass is 9.96. The maximum absolute atomic E-state index is 12.2. The fourth-order valence-electron chi connectivity index (χ4n) is 2.28. The first-order chi connectivity index (χ1) is 9.22. The van der Waals surface area contributed by atoms with Crippen molar-refractivity contribution in [2.24, 2.45) is 11.7 Å². The van der Waals surface area contributed by atoms with Crippen molar-refractivity contribution < 1.29 is 9.59 Å². The van der Waals surface area contributed by atoms with Gasteiger partial charge in [0.05, 0.1) is 11.5 Å². The Balaban J connectivity index is 0.00000200. The SMILES string of the molecule is Cl.NCCNC(=O)C1CCCN(C(=O)c2ccsc2)C1. The van der Waals surface area contributed by atoms with Gasteiger partial charge in [-0.15, -0.1) is 12.4 Å². The Bertz CT molecular complexity index is 439. The molecule has 20 heavy (non-hydrogen) atoms. The zero-order chi connectivity index (χ0) is 13.7. The van der Waals surface area contributed by atoms with E-state index in [-0.39, 0.29) is 30.1 Å². The number of carbonyl (C=O) groups is 2. The lowest BCUT2D eigenvalue weighted by Gasteiger charge is -2.31. The Morgan fingerprint density at radius 1 is 1.50 bits per heavy atom. The standard InChI is InChI=1S/C13H19N3O2S.ClH/c14-4-5-15-12(17)10-2-1-6-16(8-10)13(18)11-3-7-19-9-11;/h3,7,9-10H,1-2,4-6,8,14H2,(H,15,17);1H. The highest BCUT2D eigenvalue weighted by molar-refractivity contribution is 7.08. The normalized spacial score (nSPS) is 18.2. The molecule has 1 aromatic rings. The van der Waals surface area contributed by atoms with Crippen LogP contribution in [0, 0.1) is 5.92 Å². The van der Waals surface area contributed by atoms with Gasteiger partial charge in [0.25, 0.3) is 5.91 Å². The van der Waals surface area contributed by atoms with Gasteiger partial charge < -0.3 is 16.0 Å². The fourth-order valence-corrected chi connectivity index (χ4v) is 2.91. The molecule has 1 unspecified atom stereocenters. The first-order valence-electron chi connectivity index (χ1n) is 6.51. The van der Waals surface area contributed by atoms with Crippen LogP contribution in [0.5, 0.6) is 0 Å². The molecule has 1 aromatic heterocycles. The lowest BCUT2D eigenvalue weighted by molar-refractivity contribution is -0.126.